The molecule has 0 radical (unpaired) electrons. The summed E-state index contributed by atoms with van der Waals surface area (Å²) in [5, 5.41) is 12.8. The van der Waals surface area contributed by atoms with E-state index >= 15 is 0 Å². The van der Waals surface area contributed by atoms with Gasteiger partial charge in [-0.1, -0.05) is 11.6 Å². The molecule has 0 bridgehead atoms. The van der Waals surface area contributed by atoms with E-state index in [0.717, 1.165) is 36.9 Å². The second-order valence-corrected chi connectivity index (χ2v) is 7.64. The van der Waals surface area contributed by atoms with Crippen molar-refractivity contribution in [1.82, 2.24) is 9.36 Å². The van der Waals surface area contributed by atoms with Crippen LogP contribution in [0.4, 0.5) is 5.82 Å². The van der Waals surface area contributed by atoms with Gasteiger partial charge in [-0.05, 0) is 54.4 Å². The highest BCUT2D eigenvalue weighted by atomic mass is 35.5. The Bertz CT molecular complexity index is 779. The van der Waals surface area contributed by atoms with Crippen LogP contribution in [0.15, 0.2) is 22.6 Å². The van der Waals surface area contributed by atoms with Gasteiger partial charge >= 0.3 is 0 Å². The summed E-state index contributed by atoms with van der Waals surface area (Å²) in [6.45, 7) is 1.02. The summed E-state index contributed by atoms with van der Waals surface area (Å²) in [7, 11) is 0. The third-order valence-corrected chi connectivity index (χ3v) is 5.97. The summed E-state index contributed by atoms with van der Waals surface area (Å²) in [6.07, 6.45) is 7.02. The van der Waals surface area contributed by atoms with Crippen LogP contribution in [0.3, 0.4) is 0 Å². The van der Waals surface area contributed by atoms with Gasteiger partial charge in [0.25, 0.3) is 0 Å². The molecule has 7 heteroatoms. The van der Waals surface area contributed by atoms with Crippen LogP contribution >= 0.6 is 23.1 Å². The van der Waals surface area contributed by atoms with Crippen LogP contribution in [0, 0.1) is 5.92 Å². The number of fused-ring (bicyclic) bond motifs is 1. The van der Waals surface area contributed by atoms with E-state index in [-0.39, 0.29) is 11.8 Å². The Morgan fingerprint density at radius 1 is 1.40 bits per heavy atom. The summed E-state index contributed by atoms with van der Waals surface area (Å²) in [5.41, 5.74) is 3.53. The number of aryl methyl sites for hydroxylation is 1. The van der Waals surface area contributed by atoms with E-state index in [4.69, 9.17) is 16.3 Å². The second-order valence-electron chi connectivity index (χ2n) is 6.61. The molecule has 3 heterocycles. The largest absolute Gasteiger partial charge is 0.390 e. The van der Waals surface area contributed by atoms with Crippen molar-refractivity contribution in [3.8, 4) is 0 Å². The first-order valence-corrected chi connectivity index (χ1v) is 9.82. The number of aromatic nitrogens is 2. The normalized spacial score (nSPS) is 26.7. The summed E-state index contributed by atoms with van der Waals surface area (Å²) in [6, 6.07) is 1.96. The number of nitrogens with zero attached hydrogens (tertiary/aromatic N) is 3. The number of aliphatic hydroxyl groups excluding tert-OH is 1. The van der Waals surface area contributed by atoms with E-state index < -0.39 is 6.10 Å². The molecular weight excluding hydrogens is 358 g/mol. The van der Waals surface area contributed by atoms with Crippen LogP contribution < -0.4 is 0 Å². The lowest BCUT2D eigenvalue weighted by Gasteiger charge is -2.24. The highest BCUT2D eigenvalue weighted by Crippen LogP contribution is 2.40. The Morgan fingerprint density at radius 2 is 2.32 bits per heavy atom. The fourth-order valence-corrected chi connectivity index (χ4v) is 4.55. The quantitative estimate of drug-likeness (QED) is 0.827. The zero-order valence-corrected chi connectivity index (χ0v) is 15.3. The fraction of sp³-hybridized carbons (Fsp3) is 0.500. The minimum atomic E-state index is -0.500. The number of pyridine rings is 1. The van der Waals surface area contributed by atoms with Crippen molar-refractivity contribution in [2.45, 2.75) is 37.7 Å². The summed E-state index contributed by atoms with van der Waals surface area (Å²) < 4.78 is 9.85. The van der Waals surface area contributed by atoms with E-state index in [2.05, 4.69) is 19.7 Å². The van der Waals surface area contributed by atoms with E-state index in [1.165, 1.54) is 17.1 Å². The molecule has 1 aliphatic carbocycles. The lowest BCUT2D eigenvalue weighted by molar-refractivity contribution is -0.0230. The van der Waals surface area contributed by atoms with Crippen molar-refractivity contribution in [2.24, 2.45) is 10.9 Å². The average Bonchev–Trinajstić information content (AvgIpc) is 3.11. The number of aliphatic hydroxyl groups is 1. The lowest BCUT2D eigenvalue weighted by Crippen LogP contribution is -2.32. The van der Waals surface area contributed by atoms with Gasteiger partial charge in [0.05, 0.1) is 23.4 Å². The maximum Gasteiger partial charge on any atom is 0.151 e. The van der Waals surface area contributed by atoms with Gasteiger partial charge in [0, 0.05) is 36.2 Å². The molecule has 2 aliphatic rings. The fourth-order valence-electron chi connectivity index (χ4n) is 3.54. The summed E-state index contributed by atoms with van der Waals surface area (Å²) in [5.74, 6) is 0.850. The third-order valence-electron chi connectivity index (χ3n) is 4.97. The van der Waals surface area contributed by atoms with Crippen LogP contribution in [0.5, 0.6) is 0 Å². The van der Waals surface area contributed by atoms with Gasteiger partial charge in [-0.15, -0.1) is 0 Å². The van der Waals surface area contributed by atoms with Gasteiger partial charge in [0.2, 0.25) is 0 Å². The van der Waals surface area contributed by atoms with Crippen LogP contribution in [-0.2, 0) is 11.2 Å². The smallest absolute Gasteiger partial charge is 0.151 e. The molecule has 5 nitrogen and oxygen atoms in total. The van der Waals surface area contributed by atoms with Gasteiger partial charge in [0.15, 0.2) is 5.82 Å². The first-order valence-electron chi connectivity index (χ1n) is 8.61. The first kappa shape index (κ1) is 17.1. The third kappa shape index (κ3) is 3.62. The molecule has 25 heavy (non-hydrogen) atoms. The molecule has 2 aromatic heterocycles. The van der Waals surface area contributed by atoms with Crippen molar-refractivity contribution in [3.63, 3.8) is 0 Å². The molecule has 1 fully saturated rings. The van der Waals surface area contributed by atoms with E-state index in [0.29, 0.717) is 24.1 Å². The van der Waals surface area contributed by atoms with Gasteiger partial charge < -0.3 is 9.84 Å². The number of rotatable bonds is 3. The standard InChI is InChI=1S/C18H20ClN3O2S/c19-15-8-21-17(20-7-11-4-5-24-9-16(11)23)6-14(15)13-3-1-2-12-10-25-22-18(12)13/h6-8,10-11,13,16,23H,1-5,9H2/t11?,13?,16-/m1/s1. The number of hydrogen-bond donors (Lipinski definition) is 1. The minimum absolute atomic E-state index is 0.00880. The lowest BCUT2D eigenvalue weighted by atomic mass is 9.83. The maximum atomic E-state index is 9.97. The molecule has 0 amide bonds. The van der Waals surface area contributed by atoms with Crippen molar-refractivity contribution >= 4 is 35.2 Å². The molecule has 1 aliphatic heterocycles. The minimum Gasteiger partial charge on any atom is -0.390 e. The van der Waals surface area contributed by atoms with E-state index in [9.17, 15) is 5.11 Å². The van der Waals surface area contributed by atoms with Crippen LogP contribution in [0.1, 0.15) is 42.0 Å². The molecule has 0 spiro atoms. The zero-order valence-electron chi connectivity index (χ0n) is 13.8. The number of aliphatic imine (C=N–C) groups is 1. The Balaban J connectivity index is 1.59. The highest BCUT2D eigenvalue weighted by molar-refractivity contribution is 7.03. The molecule has 3 atom stereocenters. The predicted molar refractivity (Wildman–Crippen MR) is 99.2 cm³/mol. The van der Waals surface area contributed by atoms with Crippen LogP contribution in [0.25, 0.3) is 0 Å². The summed E-state index contributed by atoms with van der Waals surface area (Å²) >= 11 is 7.95. The van der Waals surface area contributed by atoms with Gasteiger partial charge in [-0.25, -0.2) is 9.98 Å². The Kier molecular flexibility index (Phi) is 5.12. The molecule has 0 saturated carbocycles. The molecule has 2 aromatic rings. The molecule has 1 saturated heterocycles. The maximum absolute atomic E-state index is 9.97. The van der Waals surface area contributed by atoms with E-state index in [1.807, 2.05) is 6.07 Å². The van der Waals surface area contributed by atoms with Crippen molar-refractivity contribution < 1.29 is 9.84 Å². The van der Waals surface area contributed by atoms with Gasteiger partial charge in [-0.3, -0.25) is 0 Å². The number of ether oxygens (including phenoxy) is 1. The number of halogens is 1. The van der Waals surface area contributed by atoms with Crippen molar-refractivity contribution in [2.75, 3.05) is 13.2 Å². The van der Waals surface area contributed by atoms with Gasteiger partial charge in [-0.2, -0.15) is 4.37 Å². The van der Waals surface area contributed by atoms with Gasteiger partial charge in [0.1, 0.15) is 0 Å². The average molecular weight is 378 g/mol. The summed E-state index contributed by atoms with van der Waals surface area (Å²) in [4.78, 5) is 8.82. The molecular formula is C18H20ClN3O2S. The van der Waals surface area contributed by atoms with E-state index in [1.54, 1.807) is 12.4 Å². The topological polar surface area (TPSA) is 67.6 Å². The Labute approximate surface area is 155 Å². The number of hydrogen-bond acceptors (Lipinski definition) is 6. The molecule has 0 aromatic carbocycles. The Hall–Kier alpha value is -1.34. The van der Waals surface area contributed by atoms with Crippen molar-refractivity contribution in [3.05, 3.63) is 39.5 Å². The monoisotopic (exact) mass is 377 g/mol. The first-order chi connectivity index (χ1) is 12.2. The molecule has 1 N–H and O–H groups in total. The zero-order chi connectivity index (χ0) is 17.2. The molecule has 2 unspecified atom stereocenters. The van der Waals surface area contributed by atoms with Crippen LogP contribution in [-0.4, -0.2) is 40.0 Å². The van der Waals surface area contributed by atoms with Crippen LogP contribution in [0.2, 0.25) is 5.02 Å². The second kappa shape index (κ2) is 7.50. The SMILES string of the molecule is O[C@@H]1COCCC1C=Nc1cc(C2CCCc3csnc32)c(Cl)cn1. The highest BCUT2D eigenvalue weighted by Gasteiger charge is 2.26. The predicted octanol–water partition coefficient (Wildman–Crippen LogP) is 3.76. The molecule has 132 valence electrons. The molecule has 4 rings (SSSR count). The Morgan fingerprint density at radius 3 is 3.20 bits per heavy atom. The van der Waals surface area contributed by atoms with Crippen molar-refractivity contribution in [1.29, 1.82) is 0 Å².